The highest BCUT2D eigenvalue weighted by molar-refractivity contribution is 6.32. The summed E-state index contributed by atoms with van der Waals surface area (Å²) in [7, 11) is 0. The first-order chi connectivity index (χ1) is 11.0. The number of nitrogens with zero attached hydrogens (tertiary/aromatic N) is 4. The van der Waals surface area contributed by atoms with E-state index < -0.39 is 11.9 Å². The second-order valence-corrected chi connectivity index (χ2v) is 5.85. The second kappa shape index (κ2) is 6.00. The molecule has 8 heteroatoms. The first-order valence-corrected chi connectivity index (χ1v) is 7.57. The minimum Gasteiger partial charge on any atom is -0.480 e. The molecule has 1 heterocycles. The van der Waals surface area contributed by atoms with Crippen LogP contribution in [0.2, 0.25) is 5.02 Å². The fraction of sp³-hybridized carbons (Fsp3) is 0.333. The zero-order chi connectivity index (χ0) is 16.6. The number of carbonyl (C=O) groups is 2. The van der Waals surface area contributed by atoms with Crippen molar-refractivity contribution >= 4 is 23.5 Å². The fourth-order valence-electron chi connectivity index (χ4n) is 2.41. The summed E-state index contributed by atoms with van der Waals surface area (Å²) >= 11 is 6.15. The van der Waals surface area contributed by atoms with Crippen LogP contribution in [0.15, 0.2) is 24.3 Å². The molecule has 3 rings (SSSR count). The van der Waals surface area contributed by atoms with Gasteiger partial charge in [-0.2, -0.15) is 0 Å². The number of aliphatic carboxylic acids is 1. The Labute approximate surface area is 137 Å². The van der Waals surface area contributed by atoms with Crippen molar-refractivity contribution in [2.45, 2.75) is 25.8 Å². The van der Waals surface area contributed by atoms with Gasteiger partial charge in [-0.15, -0.1) is 5.10 Å². The summed E-state index contributed by atoms with van der Waals surface area (Å²) in [6, 6.07) is 7.08. The van der Waals surface area contributed by atoms with E-state index in [1.807, 2.05) is 6.07 Å². The molecular weight excluding hydrogens is 320 g/mol. The lowest BCUT2D eigenvalue weighted by Crippen LogP contribution is -2.38. The summed E-state index contributed by atoms with van der Waals surface area (Å²) in [5, 5.41) is 17.4. The van der Waals surface area contributed by atoms with Crippen LogP contribution >= 0.6 is 11.6 Å². The van der Waals surface area contributed by atoms with E-state index in [-0.39, 0.29) is 18.3 Å². The number of carboxylic acid groups (broad SMARTS) is 1. The van der Waals surface area contributed by atoms with E-state index in [0.717, 1.165) is 12.8 Å². The third-order valence-electron chi connectivity index (χ3n) is 3.73. The van der Waals surface area contributed by atoms with Crippen LogP contribution in [-0.2, 0) is 4.79 Å². The minimum atomic E-state index is -1.04. The van der Waals surface area contributed by atoms with Crippen molar-refractivity contribution in [2.24, 2.45) is 0 Å². The molecule has 1 saturated carbocycles. The summed E-state index contributed by atoms with van der Waals surface area (Å²) in [6.45, 7) is 1.38. The number of aromatic nitrogens is 3. The van der Waals surface area contributed by atoms with E-state index >= 15 is 0 Å². The molecule has 1 amide bonds. The van der Waals surface area contributed by atoms with Gasteiger partial charge in [-0.05, 0) is 31.9 Å². The molecule has 0 aliphatic heterocycles. The highest BCUT2D eigenvalue weighted by Gasteiger charge is 2.36. The van der Waals surface area contributed by atoms with E-state index in [1.54, 1.807) is 25.1 Å². The van der Waals surface area contributed by atoms with Crippen LogP contribution in [-0.4, -0.2) is 49.5 Å². The normalized spacial score (nSPS) is 13.8. The first-order valence-electron chi connectivity index (χ1n) is 7.19. The lowest BCUT2D eigenvalue weighted by molar-refractivity contribution is -0.137. The van der Waals surface area contributed by atoms with Gasteiger partial charge in [0.25, 0.3) is 5.91 Å². The van der Waals surface area contributed by atoms with Gasteiger partial charge in [0, 0.05) is 6.04 Å². The maximum Gasteiger partial charge on any atom is 0.323 e. The second-order valence-electron chi connectivity index (χ2n) is 5.44. The third-order valence-corrected chi connectivity index (χ3v) is 4.05. The van der Waals surface area contributed by atoms with Crippen molar-refractivity contribution in [3.05, 3.63) is 40.7 Å². The number of halogens is 1. The minimum absolute atomic E-state index is 0.0246. The molecule has 1 aromatic carbocycles. The third kappa shape index (κ3) is 3.05. The predicted octanol–water partition coefficient (Wildman–Crippen LogP) is 1.92. The Morgan fingerprint density at radius 2 is 2.09 bits per heavy atom. The molecule has 1 aliphatic carbocycles. The van der Waals surface area contributed by atoms with E-state index in [1.165, 1.54) is 9.58 Å². The molecule has 1 aliphatic rings. The Morgan fingerprint density at radius 1 is 1.39 bits per heavy atom. The Bertz CT molecular complexity index is 770. The average Bonchev–Trinajstić information content (AvgIpc) is 3.28. The van der Waals surface area contributed by atoms with Crippen LogP contribution in [0.4, 0.5) is 0 Å². The van der Waals surface area contributed by atoms with Crippen molar-refractivity contribution in [1.29, 1.82) is 0 Å². The lowest BCUT2D eigenvalue weighted by Gasteiger charge is -2.19. The van der Waals surface area contributed by atoms with Crippen molar-refractivity contribution in [1.82, 2.24) is 19.9 Å². The number of amides is 1. The number of hydrogen-bond acceptors (Lipinski definition) is 4. The van der Waals surface area contributed by atoms with Gasteiger partial charge in [0.05, 0.1) is 16.4 Å². The first kappa shape index (κ1) is 15.5. The van der Waals surface area contributed by atoms with Crippen LogP contribution in [0.5, 0.6) is 0 Å². The maximum atomic E-state index is 12.6. The standard InChI is InChI=1S/C15H15ClN4O3/c1-9-14(15(23)19(8-13(21)22)10-6-7-10)17-18-20(9)12-5-3-2-4-11(12)16/h2-5,10H,6-8H2,1H3,(H,21,22). The van der Waals surface area contributed by atoms with Crippen LogP contribution in [0.25, 0.3) is 5.69 Å². The number of para-hydroxylation sites is 1. The van der Waals surface area contributed by atoms with Crippen LogP contribution < -0.4 is 0 Å². The number of rotatable bonds is 5. The Morgan fingerprint density at radius 3 is 2.70 bits per heavy atom. The summed E-state index contributed by atoms with van der Waals surface area (Å²) in [4.78, 5) is 25.0. The zero-order valence-corrected chi connectivity index (χ0v) is 13.2. The van der Waals surface area contributed by atoms with Gasteiger partial charge in [0.2, 0.25) is 0 Å². The molecule has 1 fully saturated rings. The van der Waals surface area contributed by atoms with E-state index in [2.05, 4.69) is 10.3 Å². The van der Waals surface area contributed by atoms with E-state index in [4.69, 9.17) is 16.7 Å². The van der Waals surface area contributed by atoms with Crippen molar-refractivity contribution in [3.8, 4) is 5.69 Å². The summed E-state index contributed by atoms with van der Waals surface area (Å²) < 4.78 is 1.49. The van der Waals surface area contributed by atoms with Crippen molar-refractivity contribution in [2.75, 3.05) is 6.54 Å². The van der Waals surface area contributed by atoms with Gasteiger partial charge >= 0.3 is 5.97 Å². The molecule has 0 unspecified atom stereocenters. The van der Waals surface area contributed by atoms with Crippen LogP contribution in [0, 0.1) is 6.92 Å². The molecule has 1 N–H and O–H groups in total. The van der Waals surface area contributed by atoms with Gasteiger partial charge in [-0.25, -0.2) is 4.68 Å². The SMILES string of the molecule is Cc1c(C(=O)N(CC(=O)O)C2CC2)nnn1-c1ccccc1Cl. The highest BCUT2D eigenvalue weighted by Crippen LogP contribution is 2.29. The Kier molecular flexibility index (Phi) is 4.04. The lowest BCUT2D eigenvalue weighted by atomic mass is 10.2. The van der Waals surface area contributed by atoms with Crippen molar-refractivity contribution < 1.29 is 14.7 Å². The van der Waals surface area contributed by atoms with Crippen LogP contribution in [0.3, 0.4) is 0 Å². The quantitative estimate of drug-likeness (QED) is 0.902. The molecule has 2 aromatic rings. The van der Waals surface area contributed by atoms with Gasteiger partial charge in [-0.1, -0.05) is 28.9 Å². The molecule has 7 nitrogen and oxygen atoms in total. The van der Waals surface area contributed by atoms with E-state index in [9.17, 15) is 9.59 Å². The highest BCUT2D eigenvalue weighted by atomic mass is 35.5. The smallest absolute Gasteiger partial charge is 0.323 e. The number of hydrogen-bond donors (Lipinski definition) is 1. The number of benzene rings is 1. The molecule has 0 saturated heterocycles. The van der Waals surface area contributed by atoms with Gasteiger partial charge in [-0.3, -0.25) is 9.59 Å². The maximum absolute atomic E-state index is 12.6. The average molecular weight is 335 g/mol. The molecule has 1 aromatic heterocycles. The topological polar surface area (TPSA) is 88.3 Å². The number of carboxylic acids is 1. The predicted molar refractivity (Wildman–Crippen MR) is 82.8 cm³/mol. The van der Waals surface area contributed by atoms with Gasteiger partial charge < -0.3 is 10.0 Å². The Balaban J connectivity index is 1.93. The molecule has 0 radical (unpaired) electrons. The zero-order valence-electron chi connectivity index (χ0n) is 12.4. The van der Waals surface area contributed by atoms with E-state index in [0.29, 0.717) is 16.4 Å². The molecule has 120 valence electrons. The Hall–Kier alpha value is -2.41. The molecule has 23 heavy (non-hydrogen) atoms. The molecular formula is C15H15ClN4O3. The van der Waals surface area contributed by atoms with Gasteiger partial charge in [0.15, 0.2) is 5.69 Å². The largest absolute Gasteiger partial charge is 0.480 e. The van der Waals surface area contributed by atoms with Crippen molar-refractivity contribution in [3.63, 3.8) is 0 Å². The summed E-state index contributed by atoms with van der Waals surface area (Å²) in [5.41, 5.74) is 1.30. The fourth-order valence-corrected chi connectivity index (χ4v) is 2.63. The van der Waals surface area contributed by atoms with Crippen LogP contribution in [0.1, 0.15) is 29.0 Å². The molecule has 0 spiro atoms. The molecule has 0 bridgehead atoms. The monoisotopic (exact) mass is 334 g/mol. The molecule has 0 atom stereocenters. The van der Waals surface area contributed by atoms with Gasteiger partial charge in [0.1, 0.15) is 6.54 Å². The summed E-state index contributed by atoms with van der Waals surface area (Å²) in [6.07, 6.45) is 1.63. The number of carbonyl (C=O) groups excluding carboxylic acids is 1. The summed E-state index contributed by atoms with van der Waals surface area (Å²) in [5.74, 6) is -1.45.